The molecule has 12 atom stereocenters. The molecule has 2 aromatic rings. The first-order valence-electron chi connectivity index (χ1n) is 26.6. The SMILES string of the molecule is CC1CCC2C(C1)C1CC=C(N(C3=CCC(C4CCC5=C(C4)C4C=CCCC4N5c4ccccc4)C(C)C3)C3C=CC(C4CC=CCC4)=CC3)C=C1C2(C1=CC=CCC1)c1ccccc1. The van der Waals surface area contributed by atoms with E-state index in [1.54, 1.807) is 39.2 Å². The van der Waals surface area contributed by atoms with Crippen molar-refractivity contribution in [2.75, 3.05) is 4.90 Å². The normalized spacial score (nSPS) is 37.3. The molecule has 2 saturated carbocycles. The Kier molecular flexibility index (Phi) is 11.3. The van der Waals surface area contributed by atoms with E-state index in [1.807, 2.05) is 0 Å². The lowest BCUT2D eigenvalue weighted by molar-refractivity contribution is 0.156. The average molecular weight is 859 g/mol. The number of hydrogen-bond acceptors (Lipinski definition) is 2. The van der Waals surface area contributed by atoms with Gasteiger partial charge < -0.3 is 9.80 Å². The molecule has 12 unspecified atom stereocenters. The number of fused-ring (bicyclic) bond motifs is 5. The molecule has 2 fully saturated rings. The molecule has 2 heteroatoms. The van der Waals surface area contributed by atoms with Crippen LogP contribution in [-0.4, -0.2) is 17.0 Å². The molecule has 1 heterocycles. The van der Waals surface area contributed by atoms with Crippen LogP contribution in [0.15, 0.2) is 179 Å². The van der Waals surface area contributed by atoms with Crippen molar-refractivity contribution in [1.29, 1.82) is 0 Å². The molecule has 12 rings (SSSR count). The van der Waals surface area contributed by atoms with Crippen molar-refractivity contribution in [1.82, 2.24) is 4.90 Å². The summed E-state index contributed by atoms with van der Waals surface area (Å²) in [5, 5.41) is 0. The molecule has 65 heavy (non-hydrogen) atoms. The average Bonchev–Trinajstić information content (AvgIpc) is 3.85. The molecule has 0 spiro atoms. The molecule has 2 aromatic carbocycles. The zero-order valence-corrected chi connectivity index (χ0v) is 39.5. The second-order valence-corrected chi connectivity index (χ2v) is 22.4. The summed E-state index contributed by atoms with van der Waals surface area (Å²) >= 11 is 0. The van der Waals surface area contributed by atoms with Crippen molar-refractivity contribution in [3.8, 4) is 0 Å². The fourth-order valence-electron chi connectivity index (χ4n) is 16.2. The molecule has 10 aliphatic rings. The lowest BCUT2D eigenvalue weighted by Gasteiger charge is -2.46. The maximum absolute atomic E-state index is 2.91. The number of anilines is 1. The summed E-state index contributed by atoms with van der Waals surface area (Å²) in [6.45, 7) is 5.18. The van der Waals surface area contributed by atoms with Crippen LogP contribution in [0.3, 0.4) is 0 Å². The highest BCUT2D eigenvalue weighted by Gasteiger charge is 2.60. The zero-order chi connectivity index (χ0) is 43.5. The number of hydrogen-bond donors (Lipinski definition) is 0. The van der Waals surface area contributed by atoms with Crippen molar-refractivity contribution in [3.05, 3.63) is 185 Å². The van der Waals surface area contributed by atoms with Gasteiger partial charge in [0.1, 0.15) is 0 Å². The first kappa shape index (κ1) is 41.8. The van der Waals surface area contributed by atoms with Gasteiger partial charge in [-0.15, -0.1) is 0 Å². The molecule has 1 aliphatic heterocycles. The summed E-state index contributed by atoms with van der Waals surface area (Å²) < 4.78 is 0. The summed E-state index contributed by atoms with van der Waals surface area (Å²) in [6, 6.07) is 24.2. The summed E-state index contributed by atoms with van der Waals surface area (Å²) in [5.41, 5.74) is 14.5. The molecule has 0 amide bonds. The summed E-state index contributed by atoms with van der Waals surface area (Å²) in [7, 11) is 0. The van der Waals surface area contributed by atoms with E-state index in [9.17, 15) is 0 Å². The first-order valence-corrected chi connectivity index (χ1v) is 26.6. The number of rotatable bonds is 8. The molecule has 0 saturated heterocycles. The van der Waals surface area contributed by atoms with Crippen LogP contribution in [0, 0.1) is 53.3 Å². The van der Waals surface area contributed by atoms with Gasteiger partial charge >= 0.3 is 0 Å². The fraction of sp³-hybridized carbons (Fsp3) is 0.492. The van der Waals surface area contributed by atoms with Crippen LogP contribution in [0.25, 0.3) is 0 Å². The predicted molar refractivity (Wildman–Crippen MR) is 272 cm³/mol. The Hall–Kier alpha value is -4.56. The Morgan fingerprint density at radius 1 is 0.708 bits per heavy atom. The zero-order valence-electron chi connectivity index (χ0n) is 39.5. The maximum atomic E-state index is 2.91. The standard InChI is InChI=1S/C63H74N2/c1-43-27-37-59-57(39-43)55-36-34-53(42-60(55)63(59,48-19-9-4-10-20-48)49-21-11-5-12-22-49)64(51-31-28-46(29-32-51)45-17-7-3-8-18-45)52-33-35-54(44(2)40-52)47-30-38-62-58(41-47)56-25-15-16-26-61(56)65(62)50-23-13-6-14-24-50/h3-7,9-11,13-15,19-21,23-25,28-29,31,33-34,42-45,47,51,54-57,59,61H,8,12,16-18,22,26-27,30,32,35-41H2,1-2H3. The van der Waals surface area contributed by atoms with Crippen LogP contribution in [0.4, 0.5) is 5.69 Å². The first-order chi connectivity index (χ1) is 32.1. The largest absolute Gasteiger partial charge is 0.341 e. The molecule has 9 aliphatic carbocycles. The molecule has 0 aromatic heterocycles. The summed E-state index contributed by atoms with van der Waals surface area (Å²) in [5.74, 6) is 6.26. The van der Waals surface area contributed by atoms with Crippen molar-refractivity contribution in [2.45, 2.75) is 141 Å². The van der Waals surface area contributed by atoms with Crippen molar-refractivity contribution < 1.29 is 0 Å². The lowest BCUT2D eigenvalue weighted by Crippen LogP contribution is -2.40. The van der Waals surface area contributed by atoms with E-state index < -0.39 is 0 Å². The molecule has 0 radical (unpaired) electrons. The van der Waals surface area contributed by atoms with Crippen LogP contribution in [-0.2, 0) is 5.41 Å². The highest BCUT2D eigenvalue weighted by Crippen LogP contribution is 2.66. The highest BCUT2D eigenvalue weighted by atomic mass is 15.2. The Bertz CT molecular complexity index is 2430. The molecule has 0 N–H and O–H groups in total. The maximum Gasteiger partial charge on any atom is 0.0556 e. The van der Waals surface area contributed by atoms with E-state index >= 15 is 0 Å². The minimum absolute atomic E-state index is 0.0205. The van der Waals surface area contributed by atoms with Crippen molar-refractivity contribution in [3.63, 3.8) is 0 Å². The van der Waals surface area contributed by atoms with Crippen LogP contribution >= 0.6 is 0 Å². The minimum atomic E-state index is -0.0205. The second-order valence-electron chi connectivity index (χ2n) is 22.4. The van der Waals surface area contributed by atoms with Gasteiger partial charge in [0.15, 0.2) is 0 Å². The predicted octanol–water partition coefficient (Wildman–Crippen LogP) is 15.8. The van der Waals surface area contributed by atoms with Gasteiger partial charge in [0, 0.05) is 40.2 Å². The number of allylic oxidation sites excluding steroid dienone is 15. The van der Waals surface area contributed by atoms with Crippen LogP contribution in [0.5, 0.6) is 0 Å². The fourth-order valence-corrected chi connectivity index (χ4v) is 16.2. The third-order valence-corrected chi connectivity index (χ3v) is 19.0. The van der Waals surface area contributed by atoms with E-state index in [4.69, 9.17) is 0 Å². The third kappa shape index (κ3) is 7.25. The van der Waals surface area contributed by atoms with E-state index in [0.717, 1.165) is 36.5 Å². The van der Waals surface area contributed by atoms with E-state index in [1.165, 1.54) is 108 Å². The van der Waals surface area contributed by atoms with Gasteiger partial charge in [-0.1, -0.05) is 147 Å². The molecule has 0 bridgehead atoms. The van der Waals surface area contributed by atoms with Crippen molar-refractivity contribution in [2.24, 2.45) is 53.3 Å². The van der Waals surface area contributed by atoms with Gasteiger partial charge in [-0.2, -0.15) is 0 Å². The molecule has 336 valence electrons. The molecule has 2 nitrogen and oxygen atoms in total. The van der Waals surface area contributed by atoms with E-state index in [2.05, 4.69) is 163 Å². The molecular weight excluding hydrogens is 785 g/mol. The third-order valence-electron chi connectivity index (χ3n) is 19.0. The van der Waals surface area contributed by atoms with Gasteiger partial charge in [0.05, 0.1) is 6.04 Å². The lowest BCUT2D eigenvalue weighted by atomic mass is 9.59. The Morgan fingerprint density at radius 2 is 1.57 bits per heavy atom. The van der Waals surface area contributed by atoms with Crippen molar-refractivity contribution >= 4 is 5.69 Å². The number of para-hydroxylation sites is 1. The van der Waals surface area contributed by atoms with E-state index in [0.29, 0.717) is 41.7 Å². The Balaban J connectivity index is 0.897. The topological polar surface area (TPSA) is 6.48 Å². The van der Waals surface area contributed by atoms with Gasteiger partial charge in [0.25, 0.3) is 0 Å². The van der Waals surface area contributed by atoms with E-state index in [-0.39, 0.29) is 5.41 Å². The smallest absolute Gasteiger partial charge is 0.0556 e. The Labute approximate surface area is 392 Å². The van der Waals surface area contributed by atoms with Crippen LogP contribution in [0.2, 0.25) is 0 Å². The van der Waals surface area contributed by atoms with Gasteiger partial charge in [-0.05, 0) is 191 Å². The molecular formula is C63H74N2. The number of nitrogens with zero attached hydrogens (tertiary/aromatic N) is 2. The van der Waals surface area contributed by atoms with Crippen LogP contribution < -0.4 is 4.90 Å². The van der Waals surface area contributed by atoms with Gasteiger partial charge in [0.2, 0.25) is 0 Å². The highest BCUT2D eigenvalue weighted by molar-refractivity contribution is 5.60. The van der Waals surface area contributed by atoms with Gasteiger partial charge in [-0.3, -0.25) is 0 Å². The Morgan fingerprint density at radius 3 is 2.35 bits per heavy atom. The summed E-state index contributed by atoms with van der Waals surface area (Å²) in [6.07, 6.45) is 54.5. The second kappa shape index (κ2) is 17.6. The minimum Gasteiger partial charge on any atom is -0.341 e. The van der Waals surface area contributed by atoms with Crippen LogP contribution in [0.1, 0.15) is 129 Å². The van der Waals surface area contributed by atoms with Gasteiger partial charge in [-0.25, -0.2) is 0 Å². The monoisotopic (exact) mass is 859 g/mol. The summed E-state index contributed by atoms with van der Waals surface area (Å²) in [4.78, 5) is 5.69. The number of benzene rings is 2. The quantitative estimate of drug-likeness (QED) is 0.244.